The van der Waals surface area contributed by atoms with Crippen LogP contribution in [0.1, 0.15) is 15.9 Å². The highest BCUT2D eigenvalue weighted by Crippen LogP contribution is 2.45. The number of hydrogen-bond acceptors (Lipinski definition) is 7. The third kappa shape index (κ3) is 2.66. The van der Waals surface area contributed by atoms with Crippen LogP contribution in [0.2, 0.25) is 0 Å². The van der Waals surface area contributed by atoms with Crippen LogP contribution in [0.3, 0.4) is 0 Å². The topological polar surface area (TPSA) is 91.0 Å². The first-order valence-corrected chi connectivity index (χ1v) is 6.52. The van der Waals surface area contributed by atoms with Crippen molar-refractivity contribution in [1.82, 2.24) is 0 Å². The number of halogens is 1. The van der Waals surface area contributed by atoms with Gasteiger partial charge >= 0.3 is 0 Å². The van der Waals surface area contributed by atoms with E-state index < -0.39 is 5.12 Å². The standard InChI is InChI=1S/C10H12INO5S/c1-4-5(10(14)18-17-12)8(15-2)9(16-3)7(13)6(4)11/h13H,12H2,1-3H3. The molecule has 0 aliphatic carbocycles. The highest BCUT2D eigenvalue weighted by molar-refractivity contribution is 14.1. The monoisotopic (exact) mass is 385 g/mol. The van der Waals surface area contributed by atoms with Crippen molar-refractivity contribution in [3.63, 3.8) is 0 Å². The minimum Gasteiger partial charge on any atom is -0.503 e. The molecule has 0 radical (unpaired) electrons. The number of hydrogen-bond donors (Lipinski definition) is 2. The van der Waals surface area contributed by atoms with Gasteiger partial charge in [-0.25, -0.2) is 10.2 Å². The summed E-state index contributed by atoms with van der Waals surface area (Å²) >= 11 is 2.40. The largest absolute Gasteiger partial charge is 0.503 e. The molecule has 0 unspecified atom stereocenters. The number of ether oxygens (including phenoxy) is 2. The quantitative estimate of drug-likeness (QED) is 0.466. The minimum atomic E-state index is -0.428. The second-order valence-corrected chi connectivity index (χ2v) is 5.00. The van der Waals surface area contributed by atoms with Crippen LogP contribution < -0.4 is 15.4 Å². The van der Waals surface area contributed by atoms with Gasteiger partial charge < -0.3 is 14.6 Å². The first-order valence-electron chi connectivity index (χ1n) is 4.70. The van der Waals surface area contributed by atoms with Crippen LogP contribution in [-0.2, 0) is 4.28 Å². The Labute approximate surface area is 122 Å². The predicted molar refractivity (Wildman–Crippen MR) is 75.9 cm³/mol. The average molecular weight is 385 g/mol. The SMILES string of the molecule is COc1c(O)c(I)c(C)c(C(=O)SON)c1OC. The van der Waals surface area contributed by atoms with Crippen molar-refractivity contribution in [2.24, 2.45) is 5.90 Å². The Balaban J connectivity index is 3.57. The summed E-state index contributed by atoms with van der Waals surface area (Å²) in [6, 6.07) is 0. The van der Waals surface area contributed by atoms with Crippen molar-refractivity contribution < 1.29 is 23.7 Å². The van der Waals surface area contributed by atoms with Gasteiger partial charge in [-0.2, -0.15) is 0 Å². The zero-order chi connectivity index (χ0) is 13.9. The third-order valence-corrected chi connectivity index (χ3v) is 4.07. The van der Waals surface area contributed by atoms with Crippen molar-refractivity contribution in [1.29, 1.82) is 0 Å². The number of rotatable bonds is 4. The van der Waals surface area contributed by atoms with E-state index in [1.54, 1.807) is 6.92 Å². The summed E-state index contributed by atoms with van der Waals surface area (Å²) in [4.78, 5) is 11.9. The third-order valence-electron chi connectivity index (χ3n) is 2.30. The lowest BCUT2D eigenvalue weighted by Gasteiger charge is -2.17. The molecule has 18 heavy (non-hydrogen) atoms. The van der Waals surface area contributed by atoms with E-state index in [4.69, 9.17) is 15.4 Å². The molecule has 1 rings (SSSR count). The number of carbonyl (C=O) groups is 1. The molecule has 3 N–H and O–H groups in total. The molecule has 8 heteroatoms. The summed E-state index contributed by atoms with van der Waals surface area (Å²) in [5.41, 5.74) is 0.826. The number of nitrogens with two attached hydrogens (primary N) is 1. The lowest BCUT2D eigenvalue weighted by Crippen LogP contribution is -2.07. The number of phenolic OH excluding ortho intramolecular Hbond substituents is 1. The molecule has 1 aromatic rings. The number of phenols is 1. The molecule has 0 atom stereocenters. The number of carbonyl (C=O) groups excluding carboxylic acids is 1. The fourth-order valence-electron chi connectivity index (χ4n) is 1.49. The van der Waals surface area contributed by atoms with Crippen molar-refractivity contribution >= 4 is 39.7 Å². The first-order chi connectivity index (χ1) is 8.49. The summed E-state index contributed by atoms with van der Waals surface area (Å²) in [6.07, 6.45) is 0. The fourth-order valence-corrected chi connectivity index (χ4v) is 2.42. The van der Waals surface area contributed by atoms with Crippen molar-refractivity contribution in [3.05, 3.63) is 14.7 Å². The van der Waals surface area contributed by atoms with Gasteiger partial charge in [-0.1, -0.05) is 0 Å². The second kappa shape index (κ2) is 6.45. The summed E-state index contributed by atoms with van der Waals surface area (Å²) in [5.74, 6) is 5.06. The summed E-state index contributed by atoms with van der Waals surface area (Å²) in [6.45, 7) is 1.69. The highest BCUT2D eigenvalue weighted by atomic mass is 127. The molecule has 100 valence electrons. The minimum absolute atomic E-state index is 0.0670. The molecule has 0 bridgehead atoms. The van der Waals surface area contributed by atoms with Gasteiger partial charge in [-0.15, -0.1) is 0 Å². The Kier molecular flexibility index (Phi) is 5.50. The molecular weight excluding hydrogens is 373 g/mol. The number of benzene rings is 1. The Hall–Kier alpha value is -0.710. The van der Waals surface area contributed by atoms with Crippen LogP contribution in [0.15, 0.2) is 0 Å². The Morgan fingerprint density at radius 1 is 1.33 bits per heavy atom. The van der Waals surface area contributed by atoms with E-state index in [2.05, 4.69) is 4.28 Å². The predicted octanol–water partition coefficient (Wildman–Crippen LogP) is 2.00. The Morgan fingerprint density at radius 3 is 2.33 bits per heavy atom. The lowest BCUT2D eigenvalue weighted by molar-refractivity contribution is 0.107. The smallest absolute Gasteiger partial charge is 0.252 e. The summed E-state index contributed by atoms with van der Waals surface area (Å²) in [5, 5.41) is 9.51. The molecule has 0 aliphatic rings. The van der Waals surface area contributed by atoms with Gasteiger partial charge in [-0.3, -0.25) is 4.79 Å². The van der Waals surface area contributed by atoms with E-state index in [1.165, 1.54) is 14.2 Å². The molecule has 0 saturated heterocycles. The fraction of sp³-hybridized carbons (Fsp3) is 0.300. The van der Waals surface area contributed by atoms with Gasteiger partial charge in [0.25, 0.3) is 5.12 Å². The second-order valence-electron chi connectivity index (χ2n) is 3.20. The molecular formula is C10H12INO5S. The lowest BCUT2D eigenvalue weighted by atomic mass is 10.1. The molecule has 0 saturated carbocycles. The maximum atomic E-state index is 11.9. The molecule has 6 nitrogen and oxygen atoms in total. The van der Waals surface area contributed by atoms with E-state index in [0.29, 0.717) is 21.2 Å². The van der Waals surface area contributed by atoms with Gasteiger partial charge in [0, 0.05) is 0 Å². The van der Waals surface area contributed by atoms with Crippen molar-refractivity contribution in [2.75, 3.05) is 14.2 Å². The van der Waals surface area contributed by atoms with Gasteiger partial charge in [0.05, 0.1) is 35.4 Å². The van der Waals surface area contributed by atoms with Gasteiger partial charge in [0.2, 0.25) is 5.75 Å². The molecule has 0 heterocycles. The molecule has 0 spiro atoms. The average Bonchev–Trinajstić information content (AvgIpc) is 2.35. The number of aromatic hydroxyl groups is 1. The van der Waals surface area contributed by atoms with Crippen LogP contribution in [-0.4, -0.2) is 24.4 Å². The normalized spacial score (nSPS) is 10.3. The molecule has 1 aromatic carbocycles. The summed E-state index contributed by atoms with van der Waals surface area (Å²) < 4.78 is 15.0. The van der Waals surface area contributed by atoms with E-state index in [1.807, 2.05) is 22.6 Å². The van der Waals surface area contributed by atoms with E-state index in [9.17, 15) is 9.90 Å². The van der Waals surface area contributed by atoms with Crippen LogP contribution in [0.25, 0.3) is 0 Å². The zero-order valence-electron chi connectivity index (χ0n) is 9.94. The first kappa shape index (κ1) is 15.3. The summed E-state index contributed by atoms with van der Waals surface area (Å²) in [7, 11) is 2.76. The Bertz CT molecular complexity index is 480. The van der Waals surface area contributed by atoms with Crippen LogP contribution in [0, 0.1) is 10.5 Å². The van der Waals surface area contributed by atoms with Gasteiger partial charge in [0.1, 0.15) is 0 Å². The van der Waals surface area contributed by atoms with E-state index in [0.717, 1.165) is 0 Å². The molecule has 0 aliphatic heterocycles. The van der Waals surface area contributed by atoms with Gasteiger partial charge in [0.15, 0.2) is 11.5 Å². The molecule has 0 aromatic heterocycles. The van der Waals surface area contributed by atoms with Crippen LogP contribution in [0.5, 0.6) is 17.2 Å². The maximum absolute atomic E-state index is 11.9. The van der Waals surface area contributed by atoms with Crippen molar-refractivity contribution in [3.8, 4) is 17.2 Å². The van der Waals surface area contributed by atoms with E-state index >= 15 is 0 Å². The van der Waals surface area contributed by atoms with Crippen LogP contribution >= 0.6 is 34.6 Å². The Morgan fingerprint density at radius 2 is 1.89 bits per heavy atom. The molecule has 0 fully saturated rings. The van der Waals surface area contributed by atoms with Crippen molar-refractivity contribution in [2.45, 2.75) is 6.92 Å². The zero-order valence-corrected chi connectivity index (χ0v) is 12.9. The maximum Gasteiger partial charge on any atom is 0.252 e. The number of methoxy groups -OCH3 is 2. The molecule has 0 amide bonds. The van der Waals surface area contributed by atoms with E-state index in [-0.39, 0.29) is 22.8 Å². The van der Waals surface area contributed by atoms with Gasteiger partial charge in [-0.05, 0) is 35.1 Å². The highest BCUT2D eigenvalue weighted by Gasteiger charge is 2.26. The van der Waals surface area contributed by atoms with Crippen LogP contribution in [0.4, 0.5) is 0 Å².